The van der Waals surface area contributed by atoms with Crippen molar-refractivity contribution in [3.05, 3.63) is 93.3 Å². The largest absolute Gasteiger partial charge is 0.452 e. The summed E-state index contributed by atoms with van der Waals surface area (Å²) in [7, 11) is 0. The van der Waals surface area contributed by atoms with Crippen molar-refractivity contribution in [2.24, 2.45) is 0 Å². The van der Waals surface area contributed by atoms with Crippen LogP contribution in [0.5, 0.6) is 0 Å². The van der Waals surface area contributed by atoms with Crippen LogP contribution in [0.3, 0.4) is 0 Å². The van der Waals surface area contributed by atoms with Crippen molar-refractivity contribution in [1.29, 1.82) is 0 Å². The first-order chi connectivity index (χ1) is 17.0. The van der Waals surface area contributed by atoms with Crippen molar-refractivity contribution in [1.82, 2.24) is 4.98 Å². The van der Waals surface area contributed by atoms with Crippen LogP contribution in [0, 0.1) is 0 Å². The van der Waals surface area contributed by atoms with E-state index in [1.807, 2.05) is 60.0 Å². The number of allylic oxidation sites excluding steroid dienone is 1. The highest BCUT2D eigenvalue weighted by atomic mass is 32.1. The van der Waals surface area contributed by atoms with Gasteiger partial charge in [0.05, 0.1) is 16.8 Å². The molecule has 35 heavy (non-hydrogen) atoms. The average Bonchev–Trinajstić information content (AvgIpc) is 3.52. The molecule has 5 rings (SSSR count). The molecule has 0 unspecified atom stereocenters. The van der Waals surface area contributed by atoms with Crippen molar-refractivity contribution in [2.75, 3.05) is 11.9 Å². The van der Waals surface area contributed by atoms with Crippen LogP contribution in [0.1, 0.15) is 58.2 Å². The average molecular weight is 483 g/mol. The van der Waals surface area contributed by atoms with Crippen LogP contribution in [0.25, 0.3) is 22.6 Å². The third kappa shape index (κ3) is 4.75. The van der Waals surface area contributed by atoms with Crippen LogP contribution in [0.15, 0.2) is 66.0 Å². The third-order valence-electron chi connectivity index (χ3n) is 6.20. The molecule has 176 valence electrons. The van der Waals surface area contributed by atoms with Crippen LogP contribution < -0.4 is 5.32 Å². The van der Waals surface area contributed by atoms with Gasteiger partial charge in [0.1, 0.15) is 0 Å². The summed E-state index contributed by atoms with van der Waals surface area (Å²) in [5.74, 6) is -0.597. The number of aromatic nitrogens is 1. The molecule has 5 nitrogen and oxygen atoms in total. The van der Waals surface area contributed by atoms with Gasteiger partial charge in [0.2, 0.25) is 0 Å². The van der Waals surface area contributed by atoms with Crippen molar-refractivity contribution in [2.45, 2.75) is 32.6 Å². The smallest absolute Gasteiger partial charge is 0.339 e. The summed E-state index contributed by atoms with van der Waals surface area (Å²) >= 11 is 1.67. The molecule has 1 amide bonds. The van der Waals surface area contributed by atoms with E-state index in [4.69, 9.17) is 9.72 Å². The van der Waals surface area contributed by atoms with Crippen LogP contribution in [0.2, 0.25) is 0 Å². The molecule has 2 aromatic carbocycles. The number of hydrogen-bond donors (Lipinski definition) is 1. The van der Waals surface area contributed by atoms with Crippen molar-refractivity contribution < 1.29 is 14.3 Å². The molecule has 0 aliphatic heterocycles. The number of thiophene rings is 1. The minimum atomic E-state index is -0.496. The number of nitrogens with one attached hydrogen (secondary N) is 1. The predicted octanol–water partition coefficient (Wildman–Crippen LogP) is 6.70. The van der Waals surface area contributed by atoms with Gasteiger partial charge in [0, 0.05) is 16.0 Å². The van der Waals surface area contributed by atoms with E-state index in [2.05, 4.69) is 31.3 Å². The summed E-state index contributed by atoms with van der Waals surface area (Å²) in [5, 5.41) is 5.68. The first-order valence-electron chi connectivity index (χ1n) is 11.7. The highest BCUT2D eigenvalue weighted by molar-refractivity contribution is 7.10. The number of ether oxygens (including phenoxy) is 1. The van der Waals surface area contributed by atoms with Crippen molar-refractivity contribution in [3.8, 4) is 0 Å². The number of para-hydroxylation sites is 2. The number of rotatable bonds is 6. The molecule has 0 saturated heterocycles. The summed E-state index contributed by atoms with van der Waals surface area (Å²) < 4.78 is 5.54. The molecule has 1 N–H and O–H groups in total. The summed E-state index contributed by atoms with van der Waals surface area (Å²) in [6.07, 6.45) is 3.67. The Kier molecular flexibility index (Phi) is 6.47. The molecule has 1 aliphatic rings. The number of anilines is 1. The Morgan fingerprint density at radius 3 is 2.66 bits per heavy atom. The van der Waals surface area contributed by atoms with Gasteiger partial charge in [-0.05, 0) is 65.1 Å². The maximum atomic E-state index is 13.3. The highest BCUT2D eigenvalue weighted by Gasteiger charge is 2.28. The zero-order valence-electron chi connectivity index (χ0n) is 19.7. The minimum Gasteiger partial charge on any atom is -0.452 e. The molecule has 1 aliphatic carbocycles. The van der Waals surface area contributed by atoms with Crippen LogP contribution in [-0.2, 0) is 16.0 Å². The van der Waals surface area contributed by atoms with E-state index >= 15 is 0 Å². The fraction of sp³-hybridized carbons (Fsp3) is 0.207. The van der Waals surface area contributed by atoms with Gasteiger partial charge in [0.25, 0.3) is 5.91 Å². The number of nitrogens with zero attached hydrogens (tertiary/aromatic N) is 1. The Hall–Kier alpha value is -3.77. The Morgan fingerprint density at radius 1 is 1.06 bits per heavy atom. The van der Waals surface area contributed by atoms with E-state index in [1.54, 1.807) is 11.3 Å². The number of fused-ring (bicyclic) bond motifs is 2. The molecule has 0 saturated carbocycles. The topological polar surface area (TPSA) is 68.3 Å². The number of hydrogen-bond acceptors (Lipinski definition) is 5. The van der Waals surface area contributed by atoms with Gasteiger partial charge in [0.15, 0.2) is 6.61 Å². The number of esters is 1. The van der Waals surface area contributed by atoms with Gasteiger partial charge in [-0.3, -0.25) is 4.79 Å². The second-order valence-corrected chi connectivity index (χ2v) is 9.86. The summed E-state index contributed by atoms with van der Waals surface area (Å²) in [6.45, 7) is 3.79. The number of amides is 1. The van der Waals surface area contributed by atoms with Gasteiger partial charge in [-0.15, -0.1) is 11.3 Å². The van der Waals surface area contributed by atoms with Gasteiger partial charge in [-0.25, -0.2) is 9.78 Å². The summed E-state index contributed by atoms with van der Waals surface area (Å²) in [6, 6.07) is 19.4. The quantitative estimate of drug-likeness (QED) is 0.310. The number of carbonyl (C=O) groups is 2. The van der Waals surface area contributed by atoms with E-state index in [1.165, 1.54) is 0 Å². The van der Waals surface area contributed by atoms with E-state index < -0.39 is 5.97 Å². The van der Waals surface area contributed by atoms with Gasteiger partial charge < -0.3 is 10.1 Å². The second-order valence-electron chi connectivity index (χ2n) is 8.88. The highest BCUT2D eigenvalue weighted by Crippen LogP contribution is 2.38. The lowest BCUT2D eigenvalue weighted by molar-refractivity contribution is -0.119. The van der Waals surface area contributed by atoms with Gasteiger partial charge >= 0.3 is 5.97 Å². The Labute approximate surface area is 208 Å². The molecule has 0 spiro atoms. The fourth-order valence-electron chi connectivity index (χ4n) is 4.56. The van der Waals surface area contributed by atoms with Crippen LogP contribution in [-0.4, -0.2) is 23.5 Å². The second kappa shape index (κ2) is 9.84. The van der Waals surface area contributed by atoms with Gasteiger partial charge in [-0.1, -0.05) is 56.3 Å². The molecule has 0 atom stereocenters. The monoisotopic (exact) mass is 482 g/mol. The van der Waals surface area contributed by atoms with E-state index in [-0.39, 0.29) is 18.4 Å². The molecule has 0 radical (unpaired) electrons. The van der Waals surface area contributed by atoms with Crippen molar-refractivity contribution in [3.63, 3.8) is 0 Å². The maximum Gasteiger partial charge on any atom is 0.339 e. The summed E-state index contributed by atoms with van der Waals surface area (Å²) in [4.78, 5) is 32.0. The molecule has 2 aromatic heterocycles. The fourth-order valence-corrected chi connectivity index (χ4v) is 5.24. The molecule has 4 aromatic rings. The molecule has 2 heterocycles. The lowest BCUT2D eigenvalue weighted by Crippen LogP contribution is -2.22. The lowest BCUT2D eigenvalue weighted by Gasteiger charge is -2.14. The molecule has 6 heteroatoms. The standard InChI is InChI=1S/C29H26N2O3S/c1-18(2)21-9-3-5-11-24(21)30-26(32)17-34-29(33)27-22-10-4-6-12-25(22)31-28-19(13-14-23(27)28)16-20-8-7-15-35-20/h3-12,15-16,18H,13-14,17H2,1-2H3,(H,30,32)/b19-16-. The minimum absolute atomic E-state index is 0.260. The zero-order chi connectivity index (χ0) is 24.4. The first-order valence-corrected chi connectivity index (χ1v) is 12.6. The molecular weight excluding hydrogens is 456 g/mol. The SMILES string of the molecule is CC(C)c1ccccc1NC(=O)COC(=O)c1c2c(nc3ccccc13)/C(=C\c1cccs1)CC2. The molecule has 0 bridgehead atoms. The molecular formula is C29H26N2O3S. The van der Waals surface area contributed by atoms with E-state index in [0.29, 0.717) is 12.0 Å². The van der Waals surface area contributed by atoms with E-state index in [9.17, 15) is 9.59 Å². The van der Waals surface area contributed by atoms with Crippen LogP contribution in [0.4, 0.5) is 5.69 Å². The number of pyridine rings is 1. The van der Waals surface area contributed by atoms with Gasteiger partial charge in [-0.2, -0.15) is 0 Å². The van der Waals surface area contributed by atoms with Crippen molar-refractivity contribution >= 4 is 51.5 Å². The normalized spacial score (nSPS) is 13.9. The number of benzene rings is 2. The predicted molar refractivity (Wildman–Crippen MR) is 142 cm³/mol. The van der Waals surface area contributed by atoms with Crippen LogP contribution >= 0.6 is 11.3 Å². The Morgan fingerprint density at radius 2 is 1.86 bits per heavy atom. The molecule has 0 fully saturated rings. The van der Waals surface area contributed by atoms with E-state index in [0.717, 1.165) is 50.3 Å². The third-order valence-corrected chi connectivity index (χ3v) is 7.02. The maximum absolute atomic E-state index is 13.3. The zero-order valence-corrected chi connectivity index (χ0v) is 20.5. The lowest BCUT2D eigenvalue weighted by atomic mass is 10.0. The Bertz CT molecular complexity index is 1440. The Balaban J connectivity index is 1.41. The number of carbonyl (C=O) groups excluding carboxylic acids is 2. The first kappa shape index (κ1) is 23.0. The summed E-state index contributed by atoms with van der Waals surface area (Å²) in [5.41, 5.74) is 5.88.